The molecule has 6 nitrogen and oxygen atoms in total. The monoisotopic (exact) mass is 312 g/mol. The number of hydrogen-bond acceptors (Lipinski definition) is 5. The smallest absolute Gasteiger partial charge is 1.00 e. The molecule has 0 saturated heterocycles. The van der Waals surface area contributed by atoms with Crippen LogP contribution in [0.15, 0.2) is 0 Å². The molecule has 106 valence electrons. The van der Waals surface area contributed by atoms with Crippen LogP contribution in [0.2, 0.25) is 18.6 Å². The molecule has 0 fully saturated rings. The summed E-state index contributed by atoms with van der Waals surface area (Å²) in [5.74, 6) is -0.963. The molecule has 0 atom stereocenters. The summed E-state index contributed by atoms with van der Waals surface area (Å²) in [6.45, 7) is 7.36. The van der Waals surface area contributed by atoms with Crippen molar-refractivity contribution in [3.8, 4) is 0 Å². The fourth-order valence-corrected chi connectivity index (χ4v) is 5.79. The first-order valence-corrected chi connectivity index (χ1v) is 11.4. The predicted molar refractivity (Wildman–Crippen MR) is 69.6 cm³/mol. The maximum Gasteiger partial charge on any atom is 1.00 e. The molecule has 0 aliphatic heterocycles. The van der Waals surface area contributed by atoms with Crippen molar-refractivity contribution in [3.05, 3.63) is 0 Å². The van der Waals surface area contributed by atoms with Gasteiger partial charge in [-0.15, -0.1) is 0 Å². The first-order valence-electron chi connectivity index (χ1n) is 5.24. The minimum Gasteiger partial charge on any atom is -1.00 e. The van der Waals surface area contributed by atoms with Gasteiger partial charge < -0.3 is 5.30 Å². The third-order valence-corrected chi connectivity index (χ3v) is 9.64. The summed E-state index contributed by atoms with van der Waals surface area (Å²) in [5.41, 5.74) is 0.138. The molecule has 0 saturated carbocycles. The predicted octanol–water partition coefficient (Wildman–Crippen LogP) is -1.66. The molecule has 0 bridgehead atoms. The van der Waals surface area contributed by atoms with Gasteiger partial charge in [-0.3, -0.25) is 4.55 Å². The zero-order chi connectivity index (χ0) is 13.9. The Morgan fingerprint density at radius 1 is 1.17 bits per heavy atom. The van der Waals surface area contributed by atoms with E-state index in [0.717, 1.165) is 0 Å². The average Bonchev–Trinajstić information content (AvgIpc) is 1.97. The molecule has 0 spiro atoms. The zero-order valence-corrected chi connectivity index (χ0v) is 14.1. The molecular weight excluding hydrogens is 291 g/mol. The molecule has 10 heteroatoms. The molecule has 0 amide bonds. The first-order chi connectivity index (χ1) is 7.36. The average molecular weight is 312 g/mol. The molecule has 0 aliphatic carbocycles. The van der Waals surface area contributed by atoms with Gasteiger partial charge in [0.2, 0.25) is 8.32 Å². The fourth-order valence-electron chi connectivity index (χ4n) is 0.883. The van der Waals surface area contributed by atoms with Gasteiger partial charge in [0, 0.05) is 0 Å². The number of hydrogen-bond donors (Lipinski definition) is 1. The molecular formula is C8H21LiO6S2Si. The Morgan fingerprint density at radius 3 is 1.94 bits per heavy atom. The molecule has 0 aromatic rings. The Kier molecular flexibility index (Phi) is 8.64. The SMILES string of the molecule is CC(C)[Si](C)(C)OS(=O)(=O)CCCS(=O)(=O)O.[H-].[Li+]. The fraction of sp³-hybridized carbons (Fsp3) is 1.00. The molecule has 0 unspecified atom stereocenters. The van der Waals surface area contributed by atoms with Crippen LogP contribution in [0.25, 0.3) is 0 Å². The van der Waals surface area contributed by atoms with Crippen LogP contribution >= 0.6 is 0 Å². The van der Waals surface area contributed by atoms with Gasteiger partial charge in [0.25, 0.3) is 20.2 Å². The van der Waals surface area contributed by atoms with Crippen LogP contribution in [-0.4, -0.2) is 41.2 Å². The van der Waals surface area contributed by atoms with E-state index in [1.807, 2.05) is 13.8 Å². The van der Waals surface area contributed by atoms with Gasteiger partial charge >= 0.3 is 18.9 Å². The van der Waals surface area contributed by atoms with Crippen LogP contribution < -0.4 is 18.9 Å². The summed E-state index contributed by atoms with van der Waals surface area (Å²) in [6, 6.07) is 0. The molecule has 0 heterocycles. The zero-order valence-electron chi connectivity index (χ0n) is 12.5. The van der Waals surface area contributed by atoms with Gasteiger partial charge in [-0.2, -0.15) is 8.42 Å². The van der Waals surface area contributed by atoms with E-state index < -0.39 is 40.1 Å². The summed E-state index contributed by atoms with van der Waals surface area (Å²) in [6.07, 6.45) is -0.163. The second kappa shape index (κ2) is 7.43. The van der Waals surface area contributed by atoms with Gasteiger partial charge in [0.15, 0.2) is 0 Å². The van der Waals surface area contributed by atoms with Crippen LogP contribution in [-0.2, 0) is 24.1 Å². The maximum absolute atomic E-state index is 11.6. The summed E-state index contributed by atoms with van der Waals surface area (Å²) >= 11 is 0. The molecule has 1 N–H and O–H groups in total. The molecule has 0 aliphatic rings. The van der Waals surface area contributed by atoms with Crippen LogP contribution in [0.5, 0.6) is 0 Å². The first kappa shape index (κ1) is 20.9. The Bertz CT molecular complexity index is 448. The third kappa shape index (κ3) is 9.55. The van der Waals surface area contributed by atoms with Crippen molar-refractivity contribution in [1.82, 2.24) is 0 Å². The molecule has 0 rings (SSSR count). The third-order valence-electron chi connectivity index (χ3n) is 2.53. The van der Waals surface area contributed by atoms with E-state index >= 15 is 0 Å². The van der Waals surface area contributed by atoms with Crippen LogP contribution in [0, 0.1) is 0 Å². The van der Waals surface area contributed by atoms with E-state index in [4.69, 9.17) is 8.42 Å². The van der Waals surface area contributed by atoms with Crippen LogP contribution in [0.4, 0.5) is 0 Å². The van der Waals surface area contributed by atoms with Crippen molar-refractivity contribution in [1.29, 1.82) is 0 Å². The Morgan fingerprint density at radius 2 is 1.61 bits per heavy atom. The summed E-state index contributed by atoms with van der Waals surface area (Å²) < 4.78 is 57.6. The van der Waals surface area contributed by atoms with Gasteiger partial charge in [-0.05, 0) is 25.1 Å². The Labute approximate surface area is 124 Å². The van der Waals surface area contributed by atoms with Crippen molar-refractivity contribution < 1.29 is 45.5 Å². The van der Waals surface area contributed by atoms with Crippen molar-refractivity contribution in [3.63, 3.8) is 0 Å². The summed E-state index contributed by atoms with van der Waals surface area (Å²) in [5, 5.41) is 0. The quantitative estimate of drug-likeness (QED) is 0.446. The van der Waals surface area contributed by atoms with Gasteiger partial charge in [0.05, 0.1) is 11.5 Å². The minimum absolute atomic E-state index is 0. The van der Waals surface area contributed by atoms with Crippen molar-refractivity contribution in [2.45, 2.75) is 38.9 Å². The normalized spacial score (nSPS) is 13.4. The van der Waals surface area contributed by atoms with E-state index in [9.17, 15) is 16.8 Å². The number of rotatable bonds is 7. The summed E-state index contributed by atoms with van der Waals surface area (Å²) in [4.78, 5) is 0. The maximum atomic E-state index is 11.6. The van der Waals surface area contributed by atoms with Crippen molar-refractivity contribution in [2.75, 3.05) is 11.5 Å². The van der Waals surface area contributed by atoms with E-state index in [1.165, 1.54) is 0 Å². The second-order valence-electron chi connectivity index (χ2n) is 4.74. The van der Waals surface area contributed by atoms with Crippen molar-refractivity contribution >= 4 is 28.6 Å². The molecule has 18 heavy (non-hydrogen) atoms. The van der Waals surface area contributed by atoms with Crippen LogP contribution in [0.1, 0.15) is 21.7 Å². The molecule has 0 aromatic carbocycles. The standard InChI is InChI=1S/C8H20O6S2Si.Li.H/c1-8(2)17(3,4)14-16(12,13)7-5-6-15(9,10)11;;/h8H,5-7H2,1-4H3,(H,9,10,11);;/q;+1;-1. The minimum atomic E-state index is -4.12. The molecule has 0 aromatic heterocycles. The summed E-state index contributed by atoms with van der Waals surface area (Å²) in [7, 11) is -10.1. The second-order valence-corrected chi connectivity index (χ2v) is 12.9. The van der Waals surface area contributed by atoms with Gasteiger partial charge in [0.1, 0.15) is 0 Å². The van der Waals surface area contributed by atoms with E-state index in [2.05, 4.69) is 0 Å². The topological polar surface area (TPSA) is 97.7 Å². The van der Waals surface area contributed by atoms with Crippen LogP contribution in [0.3, 0.4) is 0 Å². The van der Waals surface area contributed by atoms with Gasteiger partial charge in [-0.25, -0.2) is 8.42 Å². The van der Waals surface area contributed by atoms with E-state index in [-0.39, 0.29) is 32.2 Å². The van der Waals surface area contributed by atoms with E-state index in [1.54, 1.807) is 13.1 Å². The van der Waals surface area contributed by atoms with Gasteiger partial charge in [-0.1, -0.05) is 13.8 Å². The Hall–Kier alpha value is 0.634. The van der Waals surface area contributed by atoms with Crippen molar-refractivity contribution in [2.24, 2.45) is 0 Å². The Balaban J connectivity index is -0.00000128. The largest absolute Gasteiger partial charge is 1.00 e. The van der Waals surface area contributed by atoms with E-state index in [0.29, 0.717) is 0 Å². The molecule has 0 radical (unpaired) electrons.